The number of hydrogen-bond donors (Lipinski definition) is 1. The molecule has 2 unspecified atom stereocenters. The Kier molecular flexibility index (Phi) is 3.88. The van der Waals surface area contributed by atoms with Gasteiger partial charge in [-0.05, 0) is 32.4 Å². The van der Waals surface area contributed by atoms with Crippen LogP contribution in [0.2, 0.25) is 0 Å². The average molecular weight is 308 g/mol. The minimum absolute atomic E-state index is 0.0102. The Hall–Kier alpha value is -1.13. The van der Waals surface area contributed by atoms with E-state index in [2.05, 4.69) is 38.5 Å². The van der Waals surface area contributed by atoms with Crippen LogP contribution in [0.1, 0.15) is 29.9 Å². The third kappa shape index (κ3) is 2.35. The van der Waals surface area contributed by atoms with E-state index in [-0.39, 0.29) is 12.1 Å². The molecule has 96 valence electrons. The van der Waals surface area contributed by atoms with Crippen LogP contribution in [-0.4, -0.2) is 15.6 Å². The van der Waals surface area contributed by atoms with Crippen molar-refractivity contribution in [1.29, 1.82) is 0 Å². The van der Waals surface area contributed by atoms with Crippen LogP contribution in [0.15, 0.2) is 35.1 Å². The summed E-state index contributed by atoms with van der Waals surface area (Å²) < 4.78 is 3.23. The van der Waals surface area contributed by atoms with Gasteiger partial charge in [0.05, 0.1) is 18.1 Å². The average Bonchev–Trinajstić information content (AvgIpc) is 2.64. The summed E-state index contributed by atoms with van der Waals surface area (Å²) >= 11 is 3.60. The highest BCUT2D eigenvalue weighted by atomic mass is 79.9. The van der Waals surface area contributed by atoms with Crippen molar-refractivity contribution in [2.75, 3.05) is 0 Å². The summed E-state index contributed by atoms with van der Waals surface area (Å²) in [6, 6.07) is 8.31. The molecule has 0 spiro atoms. The van der Waals surface area contributed by atoms with Gasteiger partial charge >= 0.3 is 0 Å². The van der Waals surface area contributed by atoms with Gasteiger partial charge in [0.2, 0.25) is 0 Å². The standard InChI is InChI=1S/C14H18BrN3/c1-9(16)14(12-6-4-5-7-13(12)15)18-8-17-10(2)11(18)3/h4-9,14H,16H2,1-3H3. The Morgan fingerprint density at radius 1 is 1.28 bits per heavy atom. The number of rotatable bonds is 3. The van der Waals surface area contributed by atoms with Gasteiger partial charge in [-0.25, -0.2) is 4.98 Å². The van der Waals surface area contributed by atoms with Gasteiger partial charge in [0.1, 0.15) is 0 Å². The molecule has 4 heteroatoms. The van der Waals surface area contributed by atoms with Crippen LogP contribution >= 0.6 is 15.9 Å². The molecule has 1 aromatic carbocycles. The van der Waals surface area contributed by atoms with Crippen LogP contribution in [0.3, 0.4) is 0 Å². The van der Waals surface area contributed by atoms with Crippen molar-refractivity contribution in [1.82, 2.24) is 9.55 Å². The van der Waals surface area contributed by atoms with E-state index in [4.69, 9.17) is 5.73 Å². The fourth-order valence-electron chi connectivity index (χ4n) is 2.20. The molecule has 0 amide bonds. The summed E-state index contributed by atoms with van der Waals surface area (Å²) in [4.78, 5) is 4.37. The molecule has 2 N–H and O–H groups in total. The minimum atomic E-state index is 0.0102. The van der Waals surface area contributed by atoms with E-state index >= 15 is 0 Å². The molecule has 2 rings (SSSR count). The van der Waals surface area contributed by atoms with Gasteiger partial charge in [0, 0.05) is 16.2 Å². The number of aryl methyl sites for hydroxylation is 1. The van der Waals surface area contributed by atoms with E-state index in [1.54, 1.807) is 0 Å². The maximum absolute atomic E-state index is 6.18. The number of hydrogen-bond acceptors (Lipinski definition) is 2. The van der Waals surface area contributed by atoms with Crippen LogP contribution in [0, 0.1) is 13.8 Å². The Morgan fingerprint density at radius 2 is 1.94 bits per heavy atom. The fourth-order valence-corrected chi connectivity index (χ4v) is 2.72. The Labute approximate surface area is 116 Å². The molecule has 0 saturated carbocycles. The van der Waals surface area contributed by atoms with E-state index in [1.165, 1.54) is 5.56 Å². The van der Waals surface area contributed by atoms with Crippen molar-refractivity contribution in [2.45, 2.75) is 32.9 Å². The third-order valence-corrected chi connectivity index (χ3v) is 4.03. The molecule has 0 aliphatic carbocycles. The summed E-state index contributed by atoms with van der Waals surface area (Å²) in [5.74, 6) is 0. The highest BCUT2D eigenvalue weighted by molar-refractivity contribution is 9.10. The van der Waals surface area contributed by atoms with Gasteiger partial charge in [0.15, 0.2) is 0 Å². The summed E-state index contributed by atoms with van der Waals surface area (Å²) in [7, 11) is 0. The lowest BCUT2D eigenvalue weighted by molar-refractivity contribution is 0.486. The predicted octanol–water partition coefficient (Wildman–Crippen LogP) is 3.20. The lowest BCUT2D eigenvalue weighted by Crippen LogP contribution is -2.30. The molecule has 0 bridgehead atoms. The van der Waals surface area contributed by atoms with E-state index in [0.717, 1.165) is 15.9 Å². The Balaban J connectivity index is 2.54. The molecule has 0 radical (unpaired) electrons. The molecule has 1 aromatic heterocycles. The highest BCUT2D eigenvalue weighted by Crippen LogP contribution is 2.29. The SMILES string of the molecule is Cc1ncn(C(c2ccccc2Br)C(C)N)c1C. The number of imidazole rings is 1. The summed E-state index contributed by atoms with van der Waals surface area (Å²) in [5, 5.41) is 0. The second-order valence-electron chi connectivity index (χ2n) is 4.65. The molecule has 0 aliphatic rings. The quantitative estimate of drug-likeness (QED) is 0.946. The molecular formula is C14H18BrN3. The molecule has 2 atom stereocenters. The lowest BCUT2D eigenvalue weighted by atomic mass is 10.0. The molecule has 1 heterocycles. The lowest BCUT2D eigenvalue weighted by Gasteiger charge is -2.25. The van der Waals surface area contributed by atoms with E-state index in [1.807, 2.05) is 38.4 Å². The van der Waals surface area contributed by atoms with Crippen LogP contribution < -0.4 is 5.73 Å². The van der Waals surface area contributed by atoms with Crippen molar-refractivity contribution in [3.63, 3.8) is 0 Å². The first-order valence-electron chi connectivity index (χ1n) is 6.02. The van der Waals surface area contributed by atoms with Gasteiger partial charge in [0.25, 0.3) is 0 Å². The zero-order valence-corrected chi connectivity index (χ0v) is 12.5. The van der Waals surface area contributed by atoms with Crippen LogP contribution in [0.5, 0.6) is 0 Å². The second kappa shape index (κ2) is 5.24. The van der Waals surface area contributed by atoms with Crippen molar-refractivity contribution < 1.29 is 0 Å². The Morgan fingerprint density at radius 3 is 2.44 bits per heavy atom. The van der Waals surface area contributed by atoms with Crippen LogP contribution in [0.25, 0.3) is 0 Å². The number of aromatic nitrogens is 2. The first-order valence-corrected chi connectivity index (χ1v) is 6.81. The largest absolute Gasteiger partial charge is 0.326 e. The molecule has 0 aliphatic heterocycles. The minimum Gasteiger partial charge on any atom is -0.326 e. The van der Waals surface area contributed by atoms with Gasteiger partial charge in [-0.2, -0.15) is 0 Å². The van der Waals surface area contributed by atoms with Crippen LogP contribution in [-0.2, 0) is 0 Å². The van der Waals surface area contributed by atoms with Crippen molar-refractivity contribution in [3.8, 4) is 0 Å². The summed E-state index contributed by atoms with van der Waals surface area (Å²) in [6.07, 6.45) is 1.87. The topological polar surface area (TPSA) is 43.8 Å². The van der Waals surface area contributed by atoms with E-state index < -0.39 is 0 Å². The first kappa shape index (κ1) is 13.3. The van der Waals surface area contributed by atoms with E-state index in [0.29, 0.717) is 0 Å². The molecule has 18 heavy (non-hydrogen) atoms. The van der Waals surface area contributed by atoms with Gasteiger partial charge in [-0.3, -0.25) is 0 Å². The molecule has 3 nitrogen and oxygen atoms in total. The maximum atomic E-state index is 6.18. The maximum Gasteiger partial charge on any atom is 0.0957 e. The smallest absolute Gasteiger partial charge is 0.0957 e. The van der Waals surface area contributed by atoms with E-state index in [9.17, 15) is 0 Å². The number of nitrogens with zero attached hydrogens (tertiary/aromatic N) is 2. The predicted molar refractivity (Wildman–Crippen MR) is 77.6 cm³/mol. The van der Waals surface area contributed by atoms with Gasteiger partial charge < -0.3 is 10.3 Å². The molecule has 0 fully saturated rings. The van der Waals surface area contributed by atoms with Gasteiger partial charge in [-0.15, -0.1) is 0 Å². The summed E-state index contributed by atoms with van der Waals surface area (Å²) in [6.45, 7) is 6.12. The molecule has 2 aromatic rings. The fraction of sp³-hybridized carbons (Fsp3) is 0.357. The molecular weight excluding hydrogens is 290 g/mol. The van der Waals surface area contributed by atoms with Crippen molar-refractivity contribution in [3.05, 3.63) is 52.0 Å². The second-order valence-corrected chi connectivity index (χ2v) is 5.50. The highest BCUT2D eigenvalue weighted by Gasteiger charge is 2.22. The monoisotopic (exact) mass is 307 g/mol. The number of halogens is 1. The third-order valence-electron chi connectivity index (χ3n) is 3.31. The molecule has 0 saturated heterocycles. The van der Waals surface area contributed by atoms with Crippen molar-refractivity contribution >= 4 is 15.9 Å². The normalized spacial score (nSPS) is 14.5. The van der Waals surface area contributed by atoms with Crippen LogP contribution in [0.4, 0.5) is 0 Å². The van der Waals surface area contributed by atoms with Gasteiger partial charge in [-0.1, -0.05) is 34.1 Å². The zero-order chi connectivity index (χ0) is 13.3. The Bertz CT molecular complexity index is 546. The zero-order valence-electron chi connectivity index (χ0n) is 10.9. The first-order chi connectivity index (χ1) is 8.52. The number of nitrogens with two attached hydrogens (primary N) is 1. The van der Waals surface area contributed by atoms with Crippen molar-refractivity contribution in [2.24, 2.45) is 5.73 Å². The summed E-state index contributed by atoms with van der Waals surface area (Å²) in [5.41, 5.74) is 9.58. The number of benzene rings is 1.